The predicted octanol–water partition coefficient (Wildman–Crippen LogP) is 5.70. The normalized spacial score (nSPS) is 11.5. The number of carbonyl (C=O) groups excluding carboxylic acids is 1. The number of ketones is 1. The van der Waals surface area contributed by atoms with Gasteiger partial charge in [-0.1, -0.05) is 18.2 Å². The summed E-state index contributed by atoms with van der Waals surface area (Å²) >= 11 is 0. The maximum absolute atomic E-state index is 12.1. The van der Waals surface area contributed by atoms with Crippen molar-refractivity contribution in [1.82, 2.24) is 4.98 Å². The van der Waals surface area contributed by atoms with Gasteiger partial charge in [0, 0.05) is 35.4 Å². The zero-order valence-electron chi connectivity index (χ0n) is 14.3. The van der Waals surface area contributed by atoms with Crippen LogP contribution in [0.5, 0.6) is 0 Å². The van der Waals surface area contributed by atoms with Crippen molar-refractivity contribution in [2.45, 2.75) is 6.92 Å². The minimum absolute atomic E-state index is 0.0867. The summed E-state index contributed by atoms with van der Waals surface area (Å²) in [6.07, 6.45) is 4.75. The van der Waals surface area contributed by atoms with E-state index in [1.54, 1.807) is 30.6 Å². The molecule has 128 valence electrons. The fraction of sp³-hybridized carbons (Fsp3) is 0.0476. The first-order valence-electron chi connectivity index (χ1n) is 8.17. The van der Waals surface area contributed by atoms with Gasteiger partial charge in [0.1, 0.15) is 0 Å². The summed E-state index contributed by atoms with van der Waals surface area (Å²) in [6.45, 7) is 1.84. The number of hydrogen-bond acceptors (Lipinski definition) is 5. The molecule has 0 fully saturated rings. The van der Waals surface area contributed by atoms with Crippen LogP contribution in [0, 0.1) is 0 Å². The number of benzene rings is 2. The monoisotopic (exact) mass is 342 g/mol. The second kappa shape index (κ2) is 8.48. The highest BCUT2D eigenvalue weighted by atomic mass is 16.1. The summed E-state index contributed by atoms with van der Waals surface area (Å²) in [5, 5.41) is 11.6. The van der Waals surface area contributed by atoms with Crippen molar-refractivity contribution in [2.75, 3.05) is 5.32 Å². The SMILES string of the molecule is C/C(=C\C(=O)c1cccnc1)Nc1ccc(N=Nc2ccccc2)cc1. The lowest BCUT2D eigenvalue weighted by Crippen LogP contribution is -2.01. The molecule has 1 aromatic heterocycles. The average molecular weight is 342 g/mol. The molecule has 3 aromatic rings. The summed E-state index contributed by atoms with van der Waals surface area (Å²) in [5.41, 5.74) is 3.74. The molecule has 0 aliphatic carbocycles. The lowest BCUT2D eigenvalue weighted by molar-refractivity contribution is 0.104. The number of nitrogens with one attached hydrogen (secondary N) is 1. The van der Waals surface area contributed by atoms with E-state index in [1.807, 2.05) is 61.5 Å². The first-order chi connectivity index (χ1) is 12.7. The molecule has 0 atom stereocenters. The van der Waals surface area contributed by atoms with Crippen molar-refractivity contribution in [1.29, 1.82) is 0 Å². The molecule has 5 nitrogen and oxygen atoms in total. The van der Waals surface area contributed by atoms with E-state index >= 15 is 0 Å². The predicted molar refractivity (Wildman–Crippen MR) is 103 cm³/mol. The number of hydrogen-bond donors (Lipinski definition) is 1. The van der Waals surface area contributed by atoms with Gasteiger partial charge in [0.15, 0.2) is 5.78 Å². The summed E-state index contributed by atoms with van der Waals surface area (Å²) in [6, 6.07) is 20.6. The molecule has 0 amide bonds. The molecule has 0 bridgehead atoms. The smallest absolute Gasteiger partial charge is 0.189 e. The van der Waals surface area contributed by atoms with Gasteiger partial charge < -0.3 is 5.32 Å². The van der Waals surface area contributed by atoms with Crippen molar-refractivity contribution in [2.24, 2.45) is 10.2 Å². The van der Waals surface area contributed by atoms with Gasteiger partial charge in [-0.3, -0.25) is 9.78 Å². The van der Waals surface area contributed by atoms with Gasteiger partial charge in [-0.2, -0.15) is 10.2 Å². The molecule has 0 aliphatic heterocycles. The summed E-state index contributed by atoms with van der Waals surface area (Å²) in [4.78, 5) is 16.1. The maximum atomic E-state index is 12.1. The third-order valence-corrected chi connectivity index (χ3v) is 3.54. The zero-order valence-corrected chi connectivity index (χ0v) is 14.3. The highest BCUT2D eigenvalue weighted by Gasteiger charge is 2.03. The number of azo groups is 1. The fourth-order valence-corrected chi connectivity index (χ4v) is 2.27. The molecule has 0 aliphatic rings. The lowest BCUT2D eigenvalue weighted by Gasteiger charge is -2.06. The lowest BCUT2D eigenvalue weighted by atomic mass is 10.1. The molecule has 2 aromatic carbocycles. The fourth-order valence-electron chi connectivity index (χ4n) is 2.27. The van der Waals surface area contributed by atoms with E-state index < -0.39 is 0 Å². The molecule has 3 rings (SSSR count). The van der Waals surface area contributed by atoms with E-state index in [-0.39, 0.29) is 5.78 Å². The Hall–Kier alpha value is -3.60. The van der Waals surface area contributed by atoms with Crippen molar-refractivity contribution < 1.29 is 4.79 Å². The third kappa shape index (κ3) is 4.95. The third-order valence-electron chi connectivity index (χ3n) is 3.54. The molecule has 1 N–H and O–H groups in total. The van der Waals surface area contributed by atoms with Crippen LogP contribution in [0.25, 0.3) is 0 Å². The molecule has 0 radical (unpaired) electrons. The second-order valence-corrected chi connectivity index (χ2v) is 5.64. The number of carbonyl (C=O) groups is 1. The van der Waals surface area contributed by atoms with Crippen molar-refractivity contribution in [3.05, 3.63) is 96.5 Å². The summed E-state index contributed by atoms with van der Waals surface area (Å²) in [7, 11) is 0. The quantitative estimate of drug-likeness (QED) is 0.355. The van der Waals surface area contributed by atoms with Crippen LogP contribution in [-0.2, 0) is 0 Å². The number of anilines is 1. The summed E-state index contributed by atoms with van der Waals surface area (Å²) < 4.78 is 0. The Morgan fingerprint density at radius 2 is 1.62 bits per heavy atom. The van der Waals surface area contributed by atoms with E-state index in [4.69, 9.17) is 0 Å². The van der Waals surface area contributed by atoms with Crippen LogP contribution in [0.1, 0.15) is 17.3 Å². The molecule has 0 saturated carbocycles. The van der Waals surface area contributed by atoms with Crippen molar-refractivity contribution >= 4 is 22.8 Å². The zero-order chi connectivity index (χ0) is 18.2. The second-order valence-electron chi connectivity index (χ2n) is 5.64. The van der Waals surface area contributed by atoms with Crippen LogP contribution in [0.15, 0.2) is 101 Å². The number of nitrogens with zero attached hydrogens (tertiary/aromatic N) is 3. The molecule has 0 unspecified atom stereocenters. The van der Waals surface area contributed by atoms with Gasteiger partial charge >= 0.3 is 0 Å². The maximum Gasteiger partial charge on any atom is 0.189 e. The van der Waals surface area contributed by atoms with E-state index in [0.29, 0.717) is 5.56 Å². The van der Waals surface area contributed by atoms with Crippen LogP contribution in [0.3, 0.4) is 0 Å². The van der Waals surface area contributed by atoms with E-state index in [2.05, 4.69) is 20.5 Å². The Bertz CT molecular complexity index is 917. The molecule has 0 spiro atoms. The van der Waals surface area contributed by atoms with Gasteiger partial charge in [0.05, 0.1) is 11.4 Å². The Morgan fingerprint density at radius 3 is 2.27 bits per heavy atom. The molecule has 5 heteroatoms. The first-order valence-corrected chi connectivity index (χ1v) is 8.17. The average Bonchev–Trinajstić information content (AvgIpc) is 2.69. The topological polar surface area (TPSA) is 66.7 Å². The summed E-state index contributed by atoms with van der Waals surface area (Å²) in [5.74, 6) is -0.0867. The van der Waals surface area contributed by atoms with Gasteiger partial charge in [0.25, 0.3) is 0 Å². The largest absolute Gasteiger partial charge is 0.359 e. The molecule has 0 saturated heterocycles. The highest BCUT2D eigenvalue weighted by Crippen LogP contribution is 2.20. The Morgan fingerprint density at radius 1 is 0.923 bits per heavy atom. The van der Waals surface area contributed by atoms with Crippen LogP contribution in [-0.4, -0.2) is 10.8 Å². The van der Waals surface area contributed by atoms with Gasteiger partial charge in [-0.05, 0) is 55.5 Å². The Balaban J connectivity index is 1.63. The van der Waals surface area contributed by atoms with Crippen molar-refractivity contribution in [3.8, 4) is 0 Å². The van der Waals surface area contributed by atoms with Gasteiger partial charge in [-0.15, -0.1) is 0 Å². The number of pyridine rings is 1. The molecule has 1 heterocycles. The number of rotatable bonds is 6. The number of allylic oxidation sites excluding steroid dienone is 2. The molecular weight excluding hydrogens is 324 g/mol. The van der Waals surface area contributed by atoms with Crippen LogP contribution < -0.4 is 5.32 Å². The number of aromatic nitrogens is 1. The minimum Gasteiger partial charge on any atom is -0.359 e. The van der Waals surface area contributed by atoms with Crippen molar-refractivity contribution in [3.63, 3.8) is 0 Å². The van der Waals surface area contributed by atoms with Gasteiger partial charge in [0.2, 0.25) is 0 Å². The molecule has 26 heavy (non-hydrogen) atoms. The van der Waals surface area contributed by atoms with Crippen LogP contribution in [0.2, 0.25) is 0 Å². The van der Waals surface area contributed by atoms with Crippen LogP contribution >= 0.6 is 0 Å². The van der Waals surface area contributed by atoms with Gasteiger partial charge in [-0.25, -0.2) is 0 Å². The minimum atomic E-state index is -0.0867. The highest BCUT2D eigenvalue weighted by molar-refractivity contribution is 6.04. The van der Waals surface area contributed by atoms with E-state index in [9.17, 15) is 4.79 Å². The molecular formula is C21H18N4O. The van der Waals surface area contributed by atoms with E-state index in [0.717, 1.165) is 22.8 Å². The Kier molecular flexibility index (Phi) is 5.62. The Labute approximate surface area is 152 Å². The standard InChI is InChI=1S/C21H18N4O/c1-16(14-21(26)17-6-5-13-22-15-17)23-18-9-11-20(12-10-18)25-24-19-7-3-2-4-8-19/h2-15,23H,1H3/b16-14+,25-24?. The first kappa shape index (κ1) is 17.2. The van der Waals surface area contributed by atoms with Crippen LogP contribution in [0.4, 0.5) is 17.1 Å². The van der Waals surface area contributed by atoms with E-state index in [1.165, 1.54) is 0 Å².